The van der Waals surface area contributed by atoms with Crippen LogP contribution >= 0.6 is 0 Å². The summed E-state index contributed by atoms with van der Waals surface area (Å²) in [7, 11) is 4.31. The third kappa shape index (κ3) is 3.51. The molecule has 0 fully saturated rings. The van der Waals surface area contributed by atoms with Crippen molar-refractivity contribution in [1.82, 2.24) is 5.32 Å². The molecule has 0 spiro atoms. The first-order valence-electron chi connectivity index (χ1n) is 5.42. The smallest absolute Gasteiger partial charge is 0.341 e. The summed E-state index contributed by atoms with van der Waals surface area (Å²) in [5.74, 6) is -0.440. The van der Waals surface area contributed by atoms with Gasteiger partial charge in [0.15, 0.2) is 6.61 Å². The molecule has 7 nitrogen and oxygen atoms in total. The van der Waals surface area contributed by atoms with Crippen LogP contribution in [-0.4, -0.2) is 39.8 Å². The van der Waals surface area contributed by atoms with E-state index in [9.17, 15) is 9.59 Å². The van der Waals surface area contributed by atoms with Gasteiger partial charge in [0, 0.05) is 13.1 Å². The van der Waals surface area contributed by atoms with Crippen LogP contribution in [0.5, 0.6) is 11.5 Å². The number of esters is 1. The van der Waals surface area contributed by atoms with Crippen LogP contribution < -0.4 is 20.5 Å². The van der Waals surface area contributed by atoms with Crippen LogP contribution in [0.1, 0.15) is 10.4 Å². The number of anilines is 1. The number of amides is 1. The van der Waals surface area contributed by atoms with Crippen molar-refractivity contribution in [1.29, 1.82) is 0 Å². The zero-order valence-electron chi connectivity index (χ0n) is 11.0. The molecule has 104 valence electrons. The molecule has 0 aliphatic carbocycles. The molecule has 0 unspecified atom stereocenters. The molecule has 3 N–H and O–H groups in total. The van der Waals surface area contributed by atoms with Crippen LogP contribution in [0.2, 0.25) is 0 Å². The van der Waals surface area contributed by atoms with Gasteiger partial charge in [-0.1, -0.05) is 0 Å². The Morgan fingerprint density at radius 3 is 2.47 bits per heavy atom. The lowest BCUT2D eigenvalue weighted by Gasteiger charge is -2.12. The summed E-state index contributed by atoms with van der Waals surface area (Å²) in [6, 6.07) is 2.97. The Hall–Kier alpha value is -2.44. The Balaban J connectivity index is 2.98. The second-order valence-electron chi connectivity index (χ2n) is 3.54. The number of nitrogens with two attached hydrogens (primary N) is 1. The lowest BCUT2D eigenvalue weighted by atomic mass is 10.1. The van der Waals surface area contributed by atoms with Crippen molar-refractivity contribution in [2.24, 2.45) is 0 Å². The van der Waals surface area contributed by atoms with Crippen LogP contribution in [0.4, 0.5) is 5.69 Å². The van der Waals surface area contributed by atoms with Crippen molar-refractivity contribution < 1.29 is 23.8 Å². The number of ether oxygens (including phenoxy) is 3. The van der Waals surface area contributed by atoms with E-state index in [0.717, 1.165) is 0 Å². The summed E-state index contributed by atoms with van der Waals surface area (Å²) in [6.45, 7) is -0.381. The van der Waals surface area contributed by atoms with E-state index in [4.69, 9.17) is 19.9 Å². The lowest BCUT2D eigenvalue weighted by molar-refractivity contribution is -0.123. The minimum Gasteiger partial charge on any atom is -0.497 e. The van der Waals surface area contributed by atoms with E-state index in [1.807, 2.05) is 0 Å². The largest absolute Gasteiger partial charge is 0.497 e. The first-order chi connectivity index (χ1) is 9.03. The van der Waals surface area contributed by atoms with Crippen molar-refractivity contribution in [3.63, 3.8) is 0 Å². The molecule has 0 atom stereocenters. The van der Waals surface area contributed by atoms with Gasteiger partial charge < -0.3 is 25.3 Å². The number of hydrogen-bond donors (Lipinski definition) is 2. The van der Waals surface area contributed by atoms with E-state index >= 15 is 0 Å². The van der Waals surface area contributed by atoms with Gasteiger partial charge in [-0.25, -0.2) is 4.79 Å². The standard InChI is InChI=1S/C12H16N2O5/c1-14-10(15)6-19-12(16)8-4-7(17-2)5-9(18-3)11(8)13/h4-5H,6,13H2,1-3H3,(H,14,15). The van der Waals surface area contributed by atoms with Crippen LogP contribution in [0.25, 0.3) is 0 Å². The Bertz CT molecular complexity index is 487. The SMILES string of the molecule is CNC(=O)COC(=O)c1cc(OC)cc(OC)c1N. The van der Waals surface area contributed by atoms with Gasteiger partial charge >= 0.3 is 5.97 Å². The second-order valence-corrected chi connectivity index (χ2v) is 3.54. The zero-order chi connectivity index (χ0) is 14.4. The average molecular weight is 268 g/mol. The fourth-order valence-corrected chi connectivity index (χ4v) is 1.34. The average Bonchev–Trinajstić information content (AvgIpc) is 2.44. The van der Waals surface area contributed by atoms with Crippen LogP contribution in [0.3, 0.4) is 0 Å². The Morgan fingerprint density at radius 2 is 1.95 bits per heavy atom. The second kappa shape index (κ2) is 6.48. The third-order valence-corrected chi connectivity index (χ3v) is 2.40. The molecule has 0 aliphatic heterocycles. The quantitative estimate of drug-likeness (QED) is 0.584. The number of nitrogens with one attached hydrogen (secondary N) is 1. The molecule has 1 aromatic carbocycles. The van der Waals surface area contributed by atoms with E-state index in [2.05, 4.69) is 5.32 Å². The number of likely N-dealkylation sites (N-methyl/N-ethyl adjacent to an activating group) is 1. The molecule has 0 aliphatic rings. The van der Waals surface area contributed by atoms with Gasteiger partial charge in [-0.05, 0) is 6.07 Å². The first-order valence-corrected chi connectivity index (χ1v) is 5.42. The molecule has 1 aromatic rings. The maximum absolute atomic E-state index is 11.8. The minimum absolute atomic E-state index is 0.0834. The molecule has 0 radical (unpaired) electrons. The number of carbonyl (C=O) groups is 2. The fraction of sp³-hybridized carbons (Fsp3) is 0.333. The number of rotatable bonds is 5. The molecular formula is C12H16N2O5. The number of carbonyl (C=O) groups excluding carboxylic acids is 2. The van der Waals surface area contributed by atoms with Gasteiger partial charge in [0.2, 0.25) is 0 Å². The minimum atomic E-state index is -0.724. The van der Waals surface area contributed by atoms with Gasteiger partial charge in [0.25, 0.3) is 5.91 Å². The van der Waals surface area contributed by atoms with Gasteiger partial charge in [-0.3, -0.25) is 4.79 Å². The van der Waals surface area contributed by atoms with E-state index in [1.165, 1.54) is 27.3 Å². The molecule has 7 heteroatoms. The van der Waals surface area contributed by atoms with Crippen molar-refractivity contribution in [2.45, 2.75) is 0 Å². The van der Waals surface area contributed by atoms with E-state index in [0.29, 0.717) is 11.5 Å². The van der Waals surface area contributed by atoms with Gasteiger partial charge in [0.05, 0.1) is 25.5 Å². The van der Waals surface area contributed by atoms with Crippen LogP contribution in [0, 0.1) is 0 Å². The number of hydrogen-bond acceptors (Lipinski definition) is 6. The fourth-order valence-electron chi connectivity index (χ4n) is 1.34. The van der Waals surface area contributed by atoms with Crippen LogP contribution in [0.15, 0.2) is 12.1 Å². The molecular weight excluding hydrogens is 252 g/mol. The molecule has 0 heterocycles. The van der Waals surface area contributed by atoms with Crippen molar-refractivity contribution in [3.05, 3.63) is 17.7 Å². The zero-order valence-corrected chi connectivity index (χ0v) is 11.0. The normalized spacial score (nSPS) is 9.63. The van der Waals surface area contributed by atoms with E-state index in [-0.39, 0.29) is 17.9 Å². The summed E-state index contributed by atoms with van der Waals surface area (Å²) in [5, 5.41) is 2.33. The van der Waals surface area contributed by atoms with Crippen molar-refractivity contribution in [2.75, 3.05) is 33.6 Å². The maximum atomic E-state index is 11.8. The molecule has 1 rings (SSSR count). The number of benzene rings is 1. The van der Waals surface area contributed by atoms with Gasteiger partial charge in [-0.15, -0.1) is 0 Å². The van der Waals surface area contributed by atoms with E-state index < -0.39 is 11.9 Å². The Kier molecular flexibility index (Phi) is 4.99. The van der Waals surface area contributed by atoms with Gasteiger partial charge in [-0.2, -0.15) is 0 Å². The van der Waals surface area contributed by atoms with Crippen molar-refractivity contribution >= 4 is 17.6 Å². The lowest BCUT2D eigenvalue weighted by Crippen LogP contribution is -2.25. The highest BCUT2D eigenvalue weighted by molar-refractivity contribution is 5.98. The Labute approximate surface area is 110 Å². The molecule has 19 heavy (non-hydrogen) atoms. The van der Waals surface area contributed by atoms with Crippen LogP contribution in [-0.2, 0) is 9.53 Å². The highest BCUT2D eigenvalue weighted by Crippen LogP contribution is 2.31. The topological polar surface area (TPSA) is 99.9 Å². The highest BCUT2D eigenvalue weighted by atomic mass is 16.5. The summed E-state index contributed by atoms with van der Waals surface area (Å²) in [6.07, 6.45) is 0. The first kappa shape index (κ1) is 14.6. The summed E-state index contributed by atoms with van der Waals surface area (Å²) in [5.41, 5.74) is 5.99. The third-order valence-electron chi connectivity index (χ3n) is 2.40. The molecule has 0 saturated heterocycles. The highest BCUT2D eigenvalue weighted by Gasteiger charge is 2.18. The van der Waals surface area contributed by atoms with E-state index in [1.54, 1.807) is 6.07 Å². The Morgan fingerprint density at radius 1 is 1.26 bits per heavy atom. The molecule has 1 amide bonds. The monoisotopic (exact) mass is 268 g/mol. The molecule has 0 aromatic heterocycles. The number of methoxy groups -OCH3 is 2. The number of nitrogen functional groups attached to an aromatic ring is 1. The molecule has 0 bridgehead atoms. The molecule has 0 saturated carbocycles. The summed E-state index contributed by atoms with van der Waals surface area (Å²) < 4.78 is 14.9. The summed E-state index contributed by atoms with van der Waals surface area (Å²) in [4.78, 5) is 22.8. The predicted octanol–water partition coefficient (Wildman–Crippen LogP) is 0.189. The predicted molar refractivity (Wildman–Crippen MR) is 68.3 cm³/mol. The van der Waals surface area contributed by atoms with Crippen molar-refractivity contribution in [3.8, 4) is 11.5 Å². The maximum Gasteiger partial charge on any atom is 0.341 e. The summed E-state index contributed by atoms with van der Waals surface area (Å²) >= 11 is 0. The van der Waals surface area contributed by atoms with Gasteiger partial charge in [0.1, 0.15) is 11.5 Å².